The summed E-state index contributed by atoms with van der Waals surface area (Å²) >= 11 is 0. The molecule has 2 aromatic carbocycles. The van der Waals surface area contributed by atoms with E-state index < -0.39 is 5.97 Å². The first kappa shape index (κ1) is 19.4. The average Bonchev–Trinajstić information content (AvgIpc) is 3.18. The summed E-state index contributed by atoms with van der Waals surface area (Å²) in [4.78, 5) is 16.6. The summed E-state index contributed by atoms with van der Waals surface area (Å²) in [7, 11) is 0. The summed E-state index contributed by atoms with van der Waals surface area (Å²) < 4.78 is 5.43. The zero-order valence-corrected chi connectivity index (χ0v) is 16.6. The molecular formula is C23H21N3O4. The molecule has 2 heterocycles. The number of aromatic hydroxyl groups is 1. The number of nitrogens with zero attached hydrogens (tertiary/aromatic N) is 2. The Morgan fingerprint density at radius 3 is 2.57 bits per heavy atom. The first-order valence-corrected chi connectivity index (χ1v) is 9.70. The number of aromatic carboxylic acids is 1. The number of pyridine rings is 1. The zero-order chi connectivity index (χ0) is 21.3. The Bertz CT molecular complexity index is 1230. The average molecular weight is 403 g/mol. The van der Waals surface area contributed by atoms with Gasteiger partial charge in [-0.15, -0.1) is 0 Å². The minimum Gasteiger partial charge on any atom is -0.504 e. The number of rotatable bonds is 6. The number of aromatic amines is 1. The van der Waals surface area contributed by atoms with Gasteiger partial charge in [0, 0.05) is 11.1 Å². The van der Waals surface area contributed by atoms with Crippen LogP contribution in [0.3, 0.4) is 0 Å². The predicted octanol–water partition coefficient (Wildman–Crippen LogP) is 4.66. The molecule has 0 radical (unpaired) electrons. The van der Waals surface area contributed by atoms with E-state index in [2.05, 4.69) is 22.1 Å². The molecule has 0 atom stereocenters. The highest BCUT2D eigenvalue weighted by molar-refractivity contribution is 6.08. The molecule has 30 heavy (non-hydrogen) atoms. The number of carboxylic acids is 1. The molecule has 0 unspecified atom stereocenters. The molecule has 4 aromatic rings. The zero-order valence-electron chi connectivity index (χ0n) is 16.6. The molecule has 0 aliphatic rings. The van der Waals surface area contributed by atoms with Gasteiger partial charge in [0.05, 0.1) is 28.9 Å². The third-order valence-corrected chi connectivity index (χ3v) is 4.98. The van der Waals surface area contributed by atoms with Crippen LogP contribution in [0, 0.1) is 0 Å². The summed E-state index contributed by atoms with van der Waals surface area (Å²) in [6.07, 6.45) is 0.916. The predicted molar refractivity (Wildman–Crippen MR) is 114 cm³/mol. The van der Waals surface area contributed by atoms with Crippen LogP contribution >= 0.6 is 0 Å². The molecule has 0 saturated carbocycles. The molecule has 3 N–H and O–H groups in total. The molecular weight excluding hydrogens is 382 g/mol. The highest BCUT2D eigenvalue weighted by atomic mass is 16.5. The number of H-pyrrole nitrogens is 1. The maximum atomic E-state index is 12.1. The number of benzene rings is 2. The van der Waals surface area contributed by atoms with Crippen molar-refractivity contribution < 1.29 is 19.7 Å². The van der Waals surface area contributed by atoms with E-state index in [0.29, 0.717) is 34.7 Å². The lowest BCUT2D eigenvalue weighted by Gasteiger charge is -2.11. The van der Waals surface area contributed by atoms with Gasteiger partial charge in [0.1, 0.15) is 0 Å². The van der Waals surface area contributed by atoms with Crippen molar-refractivity contribution in [3.05, 3.63) is 59.7 Å². The third kappa shape index (κ3) is 3.34. The fraction of sp³-hybridized carbons (Fsp3) is 0.174. The third-order valence-electron chi connectivity index (χ3n) is 4.98. The fourth-order valence-electron chi connectivity index (χ4n) is 3.45. The van der Waals surface area contributed by atoms with Crippen molar-refractivity contribution in [2.45, 2.75) is 20.3 Å². The summed E-state index contributed by atoms with van der Waals surface area (Å²) in [6.45, 7) is 4.28. The number of fused-ring (bicyclic) bond motifs is 1. The molecule has 0 aliphatic heterocycles. The largest absolute Gasteiger partial charge is 0.504 e. The van der Waals surface area contributed by atoms with Crippen LogP contribution < -0.4 is 4.74 Å². The number of hydrogen-bond acceptors (Lipinski definition) is 5. The molecule has 152 valence electrons. The number of phenols is 1. The van der Waals surface area contributed by atoms with Crippen molar-refractivity contribution >= 4 is 17.0 Å². The van der Waals surface area contributed by atoms with Gasteiger partial charge in [-0.2, -0.15) is 5.10 Å². The number of phenolic OH excluding ortho intramolecular Hbond substituents is 1. The Morgan fingerprint density at radius 1 is 1.13 bits per heavy atom. The van der Waals surface area contributed by atoms with Gasteiger partial charge in [-0.05, 0) is 37.1 Å². The van der Waals surface area contributed by atoms with Crippen LogP contribution in [0.25, 0.3) is 33.5 Å². The minimum absolute atomic E-state index is 0.0551. The van der Waals surface area contributed by atoms with Gasteiger partial charge in [0.15, 0.2) is 17.1 Å². The maximum Gasteiger partial charge on any atom is 0.336 e. The molecule has 0 bridgehead atoms. The first-order chi connectivity index (χ1) is 14.5. The smallest absolute Gasteiger partial charge is 0.336 e. The molecule has 2 aromatic heterocycles. The molecule has 0 spiro atoms. The molecule has 4 rings (SSSR count). The number of carbonyl (C=O) groups is 1. The van der Waals surface area contributed by atoms with Crippen LogP contribution in [0.15, 0.2) is 48.5 Å². The van der Waals surface area contributed by atoms with Gasteiger partial charge in [-0.1, -0.05) is 37.3 Å². The second-order valence-electron chi connectivity index (χ2n) is 6.79. The number of ether oxygens (including phenoxy) is 1. The molecule has 0 fully saturated rings. The number of aryl methyl sites for hydroxylation is 1. The first-order valence-electron chi connectivity index (χ1n) is 9.70. The normalized spacial score (nSPS) is 11.0. The van der Waals surface area contributed by atoms with Gasteiger partial charge in [-0.25, -0.2) is 9.78 Å². The fourth-order valence-corrected chi connectivity index (χ4v) is 3.45. The molecule has 7 nitrogen and oxygen atoms in total. The monoisotopic (exact) mass is 403 g/mol. The number of nitrogens with one attached hydrogen (secondary N) is 1. The van der Waals surface area contributed by atoms with Gasteiger partial charge < -0.3 is 14.9 Å². The summed E-state index contributed by atoms with van der Waals surface area (Å²) in [5.74, 6) is -0.877. The van der Waals surface area contributed by atoms with E-state index >= 15 is 0 Å². The standard InChI is InChI=1S/C23H21N3O4/c1-3-13-8-10-14(11-9-13)20-19-16(23(28)29)12-17(24-22(19)26-25-20)15-6-5-7-18(21(15)27)30-4-2/h5-12,27H,3-4H2,1-2H3,(H,28,29)(H,24,25,26). The van der Waals surface area contributed by atoms with Gasteiger partial charge >= 0.3 is 5.97 Å². The lowest BCUT2D eigenvalue weighted by Crippen LogP contribution is -2.01. The second-order valence-corrected chi connectivity index (χ2v) is 6.79. The lowest BCUT2D eigenvalue weighted by molar-refractivity contribution is 0.0699. The maximum absolute atomic E-state index is 12.1. The van der Waals surface area contributed by atoms with E-state index in [1.807, 2.05) is 31.2 Å². The highest BCUT2D eigenvalue weighted by Gasteiger charge is 2.21. The van der Waals surface area contributed by atoms with E-state index in [1.165, 1.54) is 11.6 Å². The van der Waals surface area contributed by atoms with E-state index in [9.17, 15) is 15.0 Å². The van der Waals surface area contributed by atoms with Crippen molar-refractivity contribution in [2.75, 3.05) is 6.61 Å². The van der Waals surface area contributed by atoms with Gasteiger partial charge in [0.25, 0.3) is 0 Å². The van der Waals surface area contributed by atoms with Crippen LogP contribution in [0.5, 0.6) is 11.5 Å². The Balaban J connectivity index is 1.90. The van der Waals surface area contributed by atoms with Crippen LogP contribution in [-0.2, 0) is 6.42 Å². The van der Waals surface area contributed by atoms with Crippen LogP contribution in [0.2, 0.25) is 0 Å². The molecule has 7 heteroatoms. The SMILES string of the molecule is CCOc1cccc(-c2cc(C(=O)O)c3c(-c4ccc(CC)cc4)[nH]nc3n2)c1O. The van der Waals surface area contributed by atoms with Crippen molar-refractivity contribution in [1.29, 1.82) is 0 Å². The van der Waals surface area contributed by atoms with Crippen LogP contribution in [0.4, 0.5) is 0 Å². The second kappa shape index (κ2) is 7.87. The Hall–Kier alpha value is -3.87. The lowest BCUT2D eigenvalue weighted by atomic mass is 10.0. The number of aromatic nitrogens is 3. The van der Waals surface area contributed by atoms with E-state index in [1.54, 1.807) is 18.2 Å². The van der Waals surface area contributed by atoms with Crippen LogP contribution in [-0.4, -0.2) is 38.0 Å². The van der Waals surface area contributed by atoms with E-state index in [4.69, 9.17) is 4.74 Å². The Kier molecular flexibility index (Phi) is 5.10. The van der Waals surface area contributed by atoms with E-state index in [0.717, 1.165) is 12.0 Å². The molecule has 0 saturated heterocycles. The van der Waals surface area contributed by atoms with Gasteiger partial charge in [0.2, 0.25) is 0 Å². The summed E-state index contributed by atoms with van der Waals surface area (Å²) in [5, 5.41) is 28.0. The molecule has 0 aliphatic carbocycles. The van der Waals surface area contributed by atoms with Crippen molar-refractivity contribution in [3.8, 4) is 34.0 Å². The summed E-state index contributed by atoms with van der Waals surface area (Å²) in [6, 6.07) is 14.3. The Morgan fingerprint density at radius 2 is 1.90 bits per heavy atom. The Labute approximate surface area is 173 Å². The van der Waals surface area contributed by atoms with E-state index in [-0.39, 0.29) is 17.0 Å². The minimum atomic E-state index is -1.10. The molecule has 0 amide bonds. The van der Waals surface area contributed by atoms with Crippen molar-refractivity contribution in [2.24, 2.45) is 0 Å². The number of carboxylic acid groups (broad SMARTS) is 1. The summed E-state index contributed by atoms with van der Waals surface area (Å²) in [5.41, 5.74) is 3.61. The number of para-hydroxylation sites is 1. The van der Waals surface area contributed by atoms with Crippen LogP contribution in [0.1, 0.15) is 29.8 Å². The van der Waals surface area contributed by atoms with Gasteiger partial charge in [-0.3, -0.25) is 5.10 Å². The van der Waals surface area contributed by atoms with Crippen molar-refractivity contribution in [3.63, 3.8) is 0 Å². The highest BCUT2D eigenvalue weighted by Crippen LogP contribution is 2.38. The van der Waals surface area contributed by atoms with Crippen molar-refractivity contribution in [1.82, 2.24) is 15.2 Å². The topological polar surface area (TPSA) is 108 Å². The number of hydrogen-bond donors (Lipinski definition) is 3. The quantitative estimate of drug-likeness (QED) is 0.432.